The molecule has 0 atom stereocenters. The second kappa shape index (κ2) is 11.5. The quantitative estimate of drug-likeness (QED) is 0.705. The molecule has 0 amide bonds. The zero-order valence-corrected chi connectivity index (χ0v) is 8.37. The van der Waals surface area contributed by atoms with Crippen molar-refractivity contribution in [2.75, 3.05) is 11.2 Å². The molecule has 0 saturated heterocycles. The maximum Gasteiger partial charge on any atom is 0.0231 e. The van der Waals surface area contributed by atoms with Crippen LogP contribution in [0.2, 0.25) is 0 Å². The highest BCUT2D eigenvalue weighted by Gasteiger charge is 1.71. The molecule has 0 rings (SSSR count). The van der Waals surface area contributed by atoms with Crippen molar-refractivity contribution in [3.63, 3.8) is 0 Å². The van der Waals surface area contributed by atoms with Crippen molar-refractivity contribution in [1.82, 2.24) is 0 Å². The molecule has 1 nitrogen and oxygen atoms in total. The Hall–Kier alpha value is 0.730. The SMILES string of the molecule is CC(C)N.ClCCCBr. The van der Waals surface area contributed by atoms with Crippen molar-refractivity contribution in [2.45, 2.75) is 26.3 Å². The van der Waals surface area contributed by atoms with Crippen LogP contribution in [0.5, 0.6) is 0 Å². The third-order valence-electron chi connectivity index (χ3n) is 0.267. The molecule has 0 aliphatic carbocycles. The van der Waals surface area contributed by atoms with E-state index < -0.39 is 0 Å². The first-order valence-electron chi connectivity index (χ1n) is 3.02. The van der Waals surface area contributed by atoms with Gasteiger partial charge in [-0.05, 0) is 12.5 Å². The van der Waals surface area contributed by atoms with Gasteiger partial charge in [0.15, 0.2) is 0 Å². The first-order chi connectivity index (χ1) is 4.15. The maximum absolute atomic E-state index is 5.27. The van der Waals surface area contributed by atoms with E-state index in [-0.39, 0.29) is 0 Å². The molecule has 0 aromatic rings. The van der Waals surface area contributed by atoms with Crippen LogP contribution in [-0.2, 0) is 0 Å². The highest BCUT2D eigenvalue weighted by atomic mass is 79.9. The van der Waals surface area contributed by atoms with Crippen LogP contribution in [0.15, 0.2) is 0 Å². The van der Waals surface area contributed by atoms with Crippen LogP contribution < -0.4 is 5.73 Å². The summed E-state index contributed by atoms with van der Waals surface area (Å²) in [6.07, 6.45) is 1.07. The Balaban J connectivity index is 0. The van der Waals surface area contributed by atoms with Crippen molar-refractivity contribution >= 4 is 27.5 Å². The predicted molar refractivity (Wildman–Crippen MR) is 48.5 cm³/mol. The van der Waals surface area contributed by atoms with Crippen LogP contribution in [0, 0.1) is 0 Å². The van der Waals surface area contributed by atoms with Crippen LogP contribution in [-0.4, -0.2) is 17.3 Å². The molecule has 0 radical (unpaired) electrons. The van der Waals surface area contributed by atoms with E-state index >= 15 is 0 Å². The van der Waals surface area contributed by atoms with Gasteiger partial charge in [-0.1, -0.05) is 29.8 Å². The minimum absolute atomic E-state index is 0.333. The Bertz CT molecular complexity index is 37.3. The van der Waals surface area contributed by atoms with E-state index in [0.717, 1.165) is 17.6 Å². The Labute approximate surface area is 71.1 Å². The molecule has 9 heavy (non-hydrogen) atoms. The molecule has 0 fully saturated rings. The van der Waals surface area contributed by atoms with E-state index in [4.69, 9.17) is 17.3 Å². The molecule has 0 bridgehead atoms. The average molecular weight is 217 g/mol. The molecule has 0 unspecified atom stereocenters. The van der Waals surface area contributed by atoms with Gasteiger partial charge in [-0.15, -0.1) is 11.6 Å². The van der Waals surface area contributed by atoms with Gasteiger partial charge < -0.3 is 5.73 Å². The van der Waals surface area contributed by atoms with E-state index in [1.807, 2.05) is 13.8 Å². The number of nitrogens with two attached hydrogens (primary N) is 1. The standard InChI is InChI=1S/C3H6BrCl.C3H9N/c4-2-1-3-5;1-3(2)4/h1-3H2;3H,4H2,1-2H3. The molecule has 0 aromatic heterocycles. The fourth-order valence-electron chi connectivity index (χ4n) is 0.0505. The zero-order valence-electron chi connectivity index (χ0n) is 6.03. The van der Waals surface area contributed by atoms with Crippen LogP contribution in [0.1, 0.15) is 20.3 Å². The lowest BCUT2D eigenvalue weighted by Gasteiger charge is -1.81. The summed E-state index contributed by atoms with van der Waals surface area (Å²) in [5.41, 5.74) is 5.11. The van der Waals surface area contributed by atoms with Crippen LogP contribution in [0.25, 0.3) is 0 Å². The molecule has 0 saturated carbocycles. The second-order valence-electron chi connectivity index (χ2n) is 1.98. The molecule has 3 heteroatoms. The van der Waals surface area contributed by atoms with Crippen molar-refractivity contribution < 1.29 is 0 Å². The minimum Gasteiger partial charge on any atom is -0.328 e. The van der Waals surface area contributed by atoms with Crippen molar-refractivity contribution in [3.05, 3.63) is 0 Å². The third-order valence-corrected chi connectivity index (χ3v) is 1.10. The molecular formula is C6H15BrClN. The van der Waals surface area contributed by atoms with E-state index in [0.29, 0.717) is 6.04 Å². The largest absolute Gasteiger partial charge is 0.328 e. The normalized spacial score (nSPS) is 8.67. The summed E-state index contributed by atoms with van der Waals surface area (Å²) in [7, 11) is 0. The van der Waals surface area contributed by atoms with Crippen LogP contribution >= 0.6 is 27.5 Å². The van der Waals surface area contributed by atoms with Gasteiger partial charge in [0.1, 0.15) is 0 Å². The molecule has 0 aliphatic rings. The molecule has 2 N–H and O–H groups in total. The number of hydrogen-bond donors (Lipinski definition) is 1. The van der Waals surface area contributed by atoms with Gasteiger partial charge in [0.05, 0.1) is 0 Å². The first-order valence-corrected chi connectivity index (χ1v) is 4.68. The smallest absolute Gasteiger partial charge is 0.0231 e. The molecule has 58 valence electrons. The number of hydrogen-bond acceptors (Lipinski definition) is 1. The fourth-order valence-corrected chi connectivity index (χ4v) is 0.787. The van der Waals surface area contributed by atoms with Crippen LogP contribution in [0.4, 0.5) is 0 Å². The van der Waals surface area contributed by atoms with Gasteiger partial charge in [-0.2, -0.15) is 0 Å². The van der Waals surface area contributed by atoms with Gasteiger partial charge in [0.25, 0.3) is 0 Å². The summed E-state index contributed by atoms with van der Waals surface area (Å²) < 4.78 is 0. The lowest BCUT2D eigenvalue weighted by Crippen LogP contribution is -2.06. The molecule has 0 spiro atoms. The fraction of sp³-hybridized carbons (Fsp3) is 1.00. The summed E-state index contributed by atoms with van der Waals surface area (Å²) in [5, 5.41) is 1.02. The summed E-state index contributed by atoms with van der Waals surface area (Å²) in [6.45, 7) is 3.89. The van der Waals surface area contributed by atoms with Gasteiger partial charge >= 0.3 is 0 Å². The van der Waals surface area contributed by atoms with Gasteiger partial charge in [-0.25, -0.2) is 0 Å². The van der Waals surface area contributed by atoms with E-state index in [2.05, 4.69) is 15.9 Å². The second-order valence-corrected chi connectivity index (χ2v) is 3.15. The Morgan fingerprint density at radius 1 is 1.56 bits per heavy atom. The monoisotopic (exact) mass is 215 g/mol. The van der Waals surface area contributed by atoms with Crippen molar-refractivity contribution in [3.8, 4) is 0 Å². The molecule has 0 heterocycles. The van der Waals surface area contributed by atoms with Crippen molar-refractivity contribution in [2.24, 2.45) is 5.73 Å². The minimum atomic E-state index is 0.333. The van der Waals surface area contributed by atoms with E-state index in [1.54, 1.807) is 0 Å². The van der Waals surface area contributed by atoms with E-state index in [1.165, 1.54) is 0 Å². The highest BCUT2D eigenvalue weighted by molar-refractivity contribution is 9.09. The van der Waals surface area contributed by atoms with Crippen molar-refractivity contribution in [1.29, 1.82) is 0 Å². The van der Waals surface area contributed by atoms with Crippen LogP contribution in [0.3, 0.4) is 0 Å². The number of rotatable bonds is 2. The van der Waals surface area contributed by atoms with Gasteiger partial charge in [0.2, 0.25) is 0 Å². The lowest BCUT2D eigenvalue weighted by molar-refractivity contribution is 0.834. The summed E-state index contributed by atoms with van der Waals surface area (Å²) >= 11 is 8.50. The Morgan fingerprint density at radius 3 is 1.89 bits per heavy atom. The highest BCUT2D eigenvalue weighted by Crippen LogP contribution is 1.87. The lowest BCUT2D eigenvalue weighted by atomic mass is 10.5. The predicted octanol–water partition coefficient (Wildman–Crippen LogP) is 2.36. The summed E-state index contributed by atoms with van der Waals surface area (Å²) in [4.78, 5) is 0. The molecule has 0 aromatic carbocycles. The molecular weight excluding hydrogens is 201 g/mol. The third kappa shape index (κ3) is 53.1. The Morgan fingerprint density at radius 2 is 1.89 bits per heavy atom. The summed E-state index contributed by atoms with van der Waals surface area (Å²) in [6, 6.07) is 0.333. The van der Waals surface area contributed by atoms with Gasteiger partial charge in [-0.3, -0.25) is 0 Å². The van der Waals surface area contributed by atoms with E-state index in [9.17, 15) is 0 Å². The average Bonchev–Trinajstić information content (AvgIpc) is 1.66. The number of halogens is 2. The maximum atomic E-state index is 5.27. The topological polar surface area (TPSA) is 26.0 Å². The summed E-state index contributed by atoms with van der Waals surface area (Å²) in [5.74, 6) is 0.769. The Kier molecular flexibility index (Phi) is 15.9. The first kappa shape index (κ1) is 12.4. The number of alkyl halides is 2. The zero-order chi connectivity index (χ0) is 7.70. The van der Waals surface area contributed by atoms with Gasteiger partial charge in [0, 0.05) is 11.2 Å². The molecule has 0 aliphatic heterocycles.